The van der Waals surface area contributed by atoms with Gasteiger partial charge < -0.3 is 0 Å². The van der Waals surface area contributed by atoms with Crippen molar-refractivity contribution in [2.24, 2.45) is 0 Å². The quantitative estimate of drug-likeness (QED) is 0.674. The number of hydrogen-bond donors (Lipinski definition) is 0. The van der Waals surface area contributed by atoms with Crippen molar-refractivity contribution >= 4 is 16.3 Å². The van der Waals surface area contributed by atoms with Gasteiger partial charge in [-0.25, -0.2) is 0 Å². The molecule has 0 bridgehead atoms. The highest BCUT2D eigenvalue weighted by Gasteiger charge is 2.00. The van der Waals surface area contributed by atoms with E-state index in [0.29, 0.717) is 0 Å². The molecule has 1 heterocycles. The Kier molecular flexibility index (Phi) is 4.24. The zero-order valence-corrected chi connectivity index (χ0v) is 10.5. The van der Waals surface area contributed by atoms with E-state index in [1.807, 2.05) is 39.2 Å². The second-order valence-corrected chi connectivity index (χ2v) is 3.67. The summed E-state index contributed by atoms with van der Waals surface area (Å²) in [6.07, 6.45) is 3.73. The fraction of sp³-hybridized carbons (Fsp3) is 0.267. The monoisotopic (exact) mass is 213 g/mol. The molecule has 16 heavy (non-hydrogen) atoms. The number of fused-ring (bicyclic) bond motifs is 1. The highest BCUT2D eigenvalue weighted by atomic mass is 14.6. The predicted molar refractivity (Wildman–Crippen MR) is 72.5 cm³/mol. The van der Waals surface area contributed by atoms with Crippen LogP contribution in [-0.2, 0) is 0 Å². The van der Waals surface area contributed by atoms with Gasteiger partial charge in [-0.3, -0.25) is 4.98 Å². The van der Waals surface area contributed by atoms with E-state index < -0.39 is 0 Å². The van der Waals surface area contributed by atoms with E-state index >= 15 is 0 Å². The maximum absolute atomic E-state index is 4.13. The summed E-state index contributed by atoms with van der Waals surface area (Å²) in [6, 6.07) is 6.35. The van der Waals surface area contributed by atoms with Gasteiger partial charge in [0.25, 0.3) is 0 Å². The molecule has 2 rings (SSSR count). The van der Waals surface area contributed by atoms with Gasteiger partial charge in [-0.05, 0) is 42.5 Å². The topological polar surface area (TPSA) is 12.9 Å². The summed E-state index contributed by atoms with van der Waals surface area (Å²) in [6.45, 7) is 12.1. The predicted octanol–water partition coefficient (Wildman–Crippen LogP) is 4.60. The van der Waals surface area contributed by atoms with Crippen molar-refractivity contribution in [3.63, 3.8) is 0 Å². The minimum atomic E-state index is 1.10. The first kappa shape index (κ1) is 12.4. The molecular weight excluding hydrogens is 194 g/mol. The van der Waals surface area contributed by atoms with Crippen LogP contribution in [0.4, 0.5) is 0 Å². The second-order valence-electron chi connectivity index (χ2n) is 3.67. The molecule has 0 aliphatic carbocycles. The number of hydrogen-bond acceptors (Lipinski definition) is 1. The van der Waals surface area contributed by atoms with Gasteiger partial charge in [0.05, 0.1) is 0 Å². The van der Waals surface area contributed by atoms with Gasteiger partial charge in [-0.2, -0.15) is 0 Å². The number of aryl methyl sites for hydroxylation is 1. The number of pyridine rings is 1. The van der Waals surface area contributed by atoms with Crippen LogP contribution in [0.3, 0.4) is 0 Å². The molecule has 0 aliphatic rings. The Bertz CT molecular complexity index is 498. The van der Waals surface area contributed by atoms with Gasteiger partial charge in [-0.1, -0.05) is 32.1 Å². The number of aromatic nitrogens is 1. The third-order valence-corrected chi connectivity index (χ3v) is 2.46. The van der Waals surface area contributed by atoms with E-state index in [1.165, 1.54) is 21.9 Å². The van der Waals surface area contributed by atoms with E-state index in [4.69, 9.17) is 0 Å². The fourth-order valence-electron chi connectivity index (χ4n) is 1.63. The lowest BCUT2D eigenvalue weighted by molar-refractivity contribution is 1.35. The molecule has 0 saturated heterocycles. The van der Waals surface area contributed by atoms with Gasteiger partial charge in [0.2, 0.25) is 0 Å². The molecule has 1 heteroatoms. The third-order valence-electron chi connectivity index (χ3n) is 2.46. The Balaban J connectivity index is 0.000000606. The van der Waals surface area contributed by atoms with Crippen molar-refractivity contribution < 1.29 is 0 Å². The molecule has 0 radical (unpaired) electrons. The van der Waals surface area contributed by atoms with Crippen molar-refractivity contribution in [2.45, 2.75) is 27.7 Å². The molecule has 0 saturated carbocycles. The van der Waals surface area contributed by atoms with Crippen LogP contribution in [0.2, 0.25) is 0 Å². The van der Waals surface area contributed by atoms with Crippen LogP contribution in [0.5, 0.6) is 0 Å². The van der Waals surface area contributed by atoms with E-state index in [2.05, 4.69) is 30.6 Å². The molecule has 1 aromatic heterocycles. The van der Waals surface area contributed by atoms with Crippen LogP contribution in [-0.4, -0.2) is 4.98 Å². The molecule has 0 N–H and O–H groups in total. The Hall–Kier alpha value is -1.63. The molecular formula is C15H19N. The van der Waals surface area contributed by atoms with Crippen LogP contribution >= 0.6 is 0 Å². The van der Waals surface area contributed by atoms with Crippen molar-refractivity contribution in [3.05, 3.63) is 48.3 Å². The molecule has 0 unspecified atom stereocenters. The lowest BCUT2D eigenvalue weighted by atomic mass is 10.0. The third kappa shape index (κ3) is 2.48. The lowest BCUT2D eigenvalue weighted by Gasteiger charge is -2.05. The van der Waals surface area contributed by atoms with Gasteiger partial charge in [0, 0.05) is 17.8 Å². The van der Waals surface area contributed by atoms with Crippen molar-refractivity contribution in [1.82, 2.24) is 4.98 Å². The Morgan fingerprint density at radius 3 is 2.56 bits per heavy atom. The summed E-state index contributed by atoms with van der Waals surface area (Å²) >= 11 is 0. The summed E-state index contributed by atoms with van der Waals surface area (Å²) in [5, 5.41) is 2.45. The molecule has 0 spiro atoms. The minimum Gasteiger partial charge on any atom is -0.264 e. The summed E-state index contributed by atoms with van der Waals surface area (Å²) in [5.74, 6) is 0. The van der Waals surface area contributed by atoms with E-state index in [-0.39, 0.29) is 0 Å². The molecule has 2 aromatic rings. The zero-order valence-electron chi connectivity index (χ0n) is 10.5. The number of rotatable bonds is 1. The van der Waals surface area contributed by atoms with Crippen LogP contribution < -0.4 is 0 Å². The average molecular weight is 213 g/mol. The molecule has 0 fully saturated rings. The highest BCUT2D eigenvalue weighted by Crippen LogP contribution is 2.22. The van der Waals surface area contributed by atoms with Crippen molar-refractivity contribution in [3.8, 4) is 0 Å². The zero-order chi connectivity index (χ0) is 12.1. The molecule has 0 aliphatic heterocycles. The fourth-order valence-corrected chi connectivity index (χ4v) is 1.63. The summed E-state index contributed by atoms with van der Waals surface area (Å²) in [7, 11) is 0. The summed E-state index contributed by atoms with van der Waals surface area (Å²) in [4.78, 5) is 4.13. The SMILES string of the molecule is C=C(C)c1cc(C)c2cnccc2c1.CC. The highest BCUT2D eigenvalue weighted by molar-refractivity contribution is 5.88. The summed E-state index contributed by atoms with van der Waals surface area (Å²) < 4.78 is 0. The number of allylic oxidation sites excluding steroid dienone is 1. The maximum Gasteiger partial charge on any atom is 0.0349 e. The standard InChI is InChI=1S/C13H13N.C2H6/c1-9(2)12-6-10(3)13-8-14-5-4-11(13)7-12;1-2/h4-8H,1H2,2-3H3;1-2H3. The number of benzene rings is 1. The lowest BCUT2D eigenvalue weighted by Crippen LogP contribution is -1.84. The number of nitrogens with zero attached hydrogens (tertiary/aromatic N) is 1. The van der Waals surface area contributed by atoms with Crippen molar-refractivity contribution in [2.75, 3.05) is 0 Å². The average Bonchev–Trinajstić information content (AvgIpc) is 2.31. The van der Waals surface area contributed by atoms with Gasteiger partial charge in [0.15, 0.2) is 0 Å². The Morgan fingerprint density at radius 1 is 1.25 bits per heavy atom. The minimum absolute atomic E-state index is 1.10. The van der Waals surface area contributed by atoms with E-state index in [0.717, 1.165) is 5.57 Å². The first-order valence-corrected chi connectivity index (χ1v) is 5.69. The first-order chi connectivity index (χ1) is 7.68. The van der Waals surface area contributed by atoms with Crippen molar-refractivity contribution in [1.29, 1.82) is 0 Å². The maximum atomic E-state index is 4.13. The Morgan fingerprint density at radius 2 is 1.94 bits per heavy atom. The van der Waals surface area contributed by atoms with Crippen LogP contribution in [0.15, 0.2) is 37.2 Å². The molecule has 1 nitrogen and oxygen atoms in total. The van der Waals surface area contributed by atoms with E-state index in [1.54, 1.807) is 0 Å². The Labute approximate surface area is 97.8 Å². The van der Waals surface area contributed by atoms with Crippen LogP contribution in [0, 0.1) is 6.92 Å². The molecule has 84 valence electrons. The smallest absolute Gasteiger partial charge is 0.0349 e. The first-order valence-electron chi connectivity index (χ1n) is 5.69. The normalized spacial score (nSPS) is 9.50. The largest absolute Gasteiger partial charge is 0.264 e. The van der Waals surface area contributed by atoms with Gasteiger partial charge in [0.1, 0.15) is 0 Å². The van der Waals surface area contributed by atoms with Gasteiger partial charge in [-0.15, -0.1) is 0 Å². The van der Waals surface area contributed by atoms with Gasteiger partial charge >= 0.3 is 0 Å². The summed E-state index contributed by atoms with van der Waals surface area (Å²) in [5.41, 5.74) is 3.57. The molecule has 0 amide bonds. The second kappa shape index (κ2) is 5.45. The van der Waals surface area contributed by atoms with E-state index in [9.17, 15) is 0 Å². The molecule has 0 atom stereocenters. The molecule has 1 aromatic carbocycles. The van der Waals surface area contributed by atoms with Crippen LogP contribution in [0.1, 0.15) is 31.9 Å². The van der Waals surface area contributed by atoms with Crippen LogP contribution in [0.25, 0.3) is 16.3 Å².